The molecule has 1 rings (SSSR count). The highest BCUT2D eigenvalue weighted by molar-refractivity contribution is 6.06. The SMILES string of the molecule is BCn1cc(C)nn1. The molecule has 0 bridgehead atoms. The van der Waals surface area contributed by atoms with Gasteiger partial charge < -0.3 is 0 Å². The highest BCUT2D eigenvalue weighted by atomic mass is 15.4. The summed E-state index contributed by atoms with van der Waals surface area (Å²) >= 11 is 0. The molecule has 0 radical (unpaired) electrons. The summed E-state index contributed by atoms with van der Waals surface area (Å²) in [6.07, 6.45) is 2.82. The maximum atomic E-state index is 3.80. The Labute approximate surface area is 49.1 Å². The molecule has 0 spiro atoms. The predicted molar refractivity (Wildman–Crippen MR) is 33.3 cm³/mol. The zero-order chi connectivity index (χ0) is 5.98. The van der Waals surface area contributed by atoms with Crippen molar-refractivity contribution >= 4 is 7.85 Å². The van der Waals surface area contributed by atoms with E-state index in [0.717, 1.165) is 12.1 Å². The maximum absolute atomic E-state index is 3.80. The zero-order valence-corrected chi connectivity index (χ0v) is 5.13. The van der Waals surface area contributed by atoms with E-state index in [2.05, 4.69) is 10.3 Å². The molecule has 1 heterocycles. The molecule has 0 aliphatic carbocycles. The second kappa shape index (κ2) is 1.98. The van der Waals surface area contributed by atoms with Gasteiger partial charge in [-0.15, -0.1) is 5.10 Å². The minimum absolute atomic E-state index is 0.904. The van der Waals surface area contributed by atoms with Crippen molar-refractivity contribution in [2.75, 3.05) is 0 Å². The number of aryl methyl sites for hydroxylation is 1. The van der Waals surface area contributed by atoms with Crippen molar-refractivity contribution in [2.24, 2.45) is 0 Å². The monoisotopic (exact) mass is 109 g/mol. The molecular weight excluding hydrogens is 101 g/mol. The van der Waals surface area contributed by atoms with Gasteiger partial charge in [-0.3, -0.25) is 4.68 Å². The highest BCUT2D eigenvalue weighted by Gasteiger charge is 1.88. The van der Waals surface area contributed by atoms with Crippen molar-refractivity contribution in [3.8, 4) is 0 Å². The molecule has 0 fully saturated rings. The van der Waals surface area contributed by atoms with Crippen LogP contribution in [0.25, 0.3) is 0 Å². The van der Waals surface area contributed by atoms with Crippen molar-refractivity contribution in [3.63, 3.8) is 0 Å². The molecule has 8 heavy (non-hydrogen) atoms. The Morgan fingerprint density at radius 3 is 2.88 bits per heavy atom. The van der Waals surface area contributed by atoms with Crippen molar-refractivity contribution in [1.29, 1.82) is 0 Å². The lowest BCUT2D eigenvalue weighted by molar-refractivity contribution is 0.695. The molecule has 0 amide bonds. The average molecular weight is 109 g/mol. The smallest absolute Gasteiger partial charge is 0.129 e. The van der Waals surface area contributed by atoms with Crippen molar-refractivity contribution in [3.05, 3.63) is 11.9 Å². The summed E-state index contributed by atoms with van der Waals surface area (Å²) in [6, 6.07) is 0. The normalized spacial score (nSPS) is 9.62. The van der Waals surface area contributed by atoms with Crippen LogP contribution in [0.5, 0.6) is 0 Å². The van der Waals surface area contributed by atoms with E-state index in [0.29, 0.717) is 0 Å². The Hall–Kier alpha value is -0.795. The lowest BCUT2D eigenvalue weighted by Gasteiger charge is -1.85. The van der Waals surface area contributed by atoms with Gasteiger partial charge in [0.25, 0.3) is 0 Å². The van der Waals surface area contributed by atoms with Gasteiger partial charge in [-0.25, -0.2) is 0 Å². The van der Waals surface area contributed by atoms with Crippen LogP contribution in [0.2, 0.25) is 0 Å². The summed E-state index contributed by atoms with van der Waals surface area (Å²) < 4.78 is 1.80. The van der Waals surface area contributed by atoms with Crippen LogP contribution in [0.3, 0.4) is 0 Å². The molecule has 0 unspecified atom stereocenters. The minimum atomic E-state index is 0.904. The molecule has 1 aromatic rings. The van der Waals surface area contributed by atoms with E-state index in [1.54, 1.807) is 4.68 Å². The fourth-order valence-corrected chi connectivity index (χ4v) is 0.550. The van der Waals surface area contributed by atoms with E-state index in [4.69, 9.17) is 0 Å². The fourth-order valence-electron chi connectivity index (χ4n) is 0.550. The van der Waals surface area contributed by atoms with Gasteiger partial charge in [0.05, 0.1) is 5.69 Å². The van der Waals surface area contributed by atoms with Crippen molar-refractivity contribution in [2.45, 2.75) is 13.4 Å². The lowest BCUT2D eigenvalue weighted by Crippen LogP contribution is -1.96. The maximum Gasteiger partial charge on any atom is 0.129 e. The van der Waals surface area contributed by atoms with Gasteiger partial charge in [0.1, 0.15) is 7.85 Å². The first-order valence-corrected chi connectivity index (χ1v) is 2.69. The summed E-state index contributed by atoms with van der Waals surface area (Å²) in [5.41, 5.74) is 0.979. The largest absolute Gasteiger partial charge is 0.261 e. The van der Waals surface area contributed by atoms with Gasteiger partial charge in [-0.2, -0.15) is 0 Å². The summed E-state index contributed by atoms with van der Waals surface area (Å²) in [5, 5.41) is 7.60. The van der Waals surface area contributed by atoms with Gasteiger partial charge in [-0.1, -0.05) is 5.21 Å². The molecule has 1 aromatic heterocycles. The van der Waals surface area contributed by atoms with E-state index in [1.807, 2.05) is 21.0 Å². The van der Waals surface area contributed by atoms with E-state index < -0.39 is 0 Å². The van der Waals surface area contributed by atoms with Crippen molar-refractivity contribution < 1.29 is 0 Å². The molecule has 42 valence electrons. The van der Waals surface area contributed by atoms with E-state index in [-0.39, 0.29) is 0 Å². The highest BCUT2D eigenvalue weighted by Crippen LogP contribution is 1.85. The Bertz CT molecular complexity index is 172. The number of hydrogen-bond acceptors (Lipinski definition) is 2. The van der Waals surface area contributed by atoms with Gasteiger partial charge in [0.2, 0.25) is 0 Å². The van der Waals surface area contributed by atoms with E-state index >= 15 is 0 Å². The molecular formula is C4H8BN3. The van der Waals surface area contributed by atoms with Gasteiger partial charge >= 0.3 is 0 Å². The quantitative estimate of drug-likeness (QED) is 0.441. The summed E-state index contributed by atoms with van der Waals surface area (Å²) in [5.74, 6) is 0. The van der Waals surface area contributed by atoms with Crippen LogP contribution in [-0.4, -0.2) is 22.8 Å². The Kier molecular flexibility index (Phi) is 1.33. The third-order valence-electron chi connectivity index (χ3n) is 0.977. The van der Waals surface area contributed by atoms with Gasteiger partial charge in [0, 0.05) is 12.6 Å². The Morgan fingerprint density at radius 1 is 1.88 bits per heavy atom. The molecule has 0 saturated heterocycles. The number of hydrogen-bond donors (Lipinski definition) is 0. The predicted octanol–water partition coefficient (Wildman–Crippen LogP) is -0.823. The van der Waals surface area contributed by atoms with Gasteiger partial charge in [-0.05, 0) is 6.92 Å². The summed E-state index contributed by atoms with van der Waals surface area (Å²) in [6.45, 7) is 1.93. The van der Waals surface area contributed by atoms with Crippen LogP contribution < -0.4 is 0 Å². The topological polar surface area (TPSA) is 30.7 Å². The lowest BCUT2D eigenvalue weighted by atomic mass is 10.2. The molecule has 0 aliphatic heterocycles. The molecule has 3 nitrogen and oxygen atoms in total. The second-order valence-electron chi connectivity index (χ2n) is 1.72. The zero-order valence-electron chi connectivity index (χ0n) is 5.13. The first kappa shape index (κ1) is 5.34. The standard InChI is InChI=1S/C4H8BN3/c1-4-2-8(3-5)7-6-4/h2H,3,5H2,1H3. The first-order valence-electron chi connectivity index (χ1n) is 2.69. The summed E-state index contributed by atoms with van der Waals surface area (Å²) in [7, 11) is 2.04. The fraction of sp³-hybridized carbons (Fsp3) is 0.500. The second-order valence-corrected chi connectivity index (χ2v) is 1.72. The van der Waals surface area contributed by atoms with Crippen LogP contribution in [0.1, 0.15) is 5.69 Å². The van der Waals surface area contributed by atoms with Crippen LogP contribution in [0, 0.1) is 6.92 Å². The molecule has 4 heteroatoms. The number of nitrogens with zero attached hydrogens (tertiary/aromatic N) is 3. The number of rotatable bonds is 1. The Balaban J connectivity index is 2.84. The summed E-state index contributed by atoms with van der Waals surface area (Å²) in [4.78, 5) is 0. The van der Waals surface area contributed by atoms with Gasteiger partial charge in [0.15, 0.2) is 0 Å². The number of aromatic nitrogens is 3. The van der Waals surface area contributed by atoms with Crippen molar-refractivity contribution in [1.82, 2.24) is 15.0 Å². The third-order valence-corrected chi connectivity index (χ3v) is 0.977. The molecule has 0 aliphatic rings. The minimum Gasteiger partial charge on any atom is -0.261 e. The van der Waals surface area contributed by atoms with Crippen LogP contribution in [-0.2, 0) is 6.44 Å². The van der Waals surface area contributed by atoms with Crippen LogP contribution >= 0.6 is 0 Å². The molecule has 0 atom stereocenters. The molecule has 0 saturated carbocycles. The molecule has 0 aromatic carbocycles. The van der Waals surface area contributed by atoms with Crippen LogP contribution in [0.4, 0.5) is 0 Å². The van der Waals surface area contributed by atoms with Crippen LogP contribution in [0.15, 0.2) is 6.20 Å². The van der Waals surface area contributed by atoms with E-state index in [9.17, 15) is 0 Å². The first-order chi connectivity index (χ1) is 3.83. The van der Waals surface area contributed by atoms with E-state index in [1.165, 1.54) is 0 Å². The third kappa shape index (κ3) is 0.884. The molecule has 0 N–H and O–H groups in total. The Morgan fingerprint density at radius 2 is 2.62 bits per heavy atom. The average Bonchev–Trinajstić information content (AvgIpc) is 2.14.